The van der Waals surface area contributed by atoms with Crippen LogP contribution in [0.15, 0.2) is 53.1 Å². The van der Waals surface area contributed by atoms with Gasteiger partial charge in [0.25, 0.3) is 0 Å². The van der Waals surface area contributed by atoms with E-state index in [0.29, 0.717) is 24.3 Å². The van der Waals surface area contributed by atoms with Crippen molar-refractivity contribution in [1.29, 1.82) is 0 Å². The molecule has 1 aromatic rings. The number of ether oxygens (including phenoxy) is 1. The summed E-state index contributed by atoms with van der Waals surface area (Å²) in [5, 5.41) is 10.8. The predicted molar refractivity (Wildman–Crippen MR) is 107 cm³/mol. The second kappa shape index (κ2) is 7.16. The topological polar surface area (TPSA) is 63.6 Å². The van der Waals surface area contributed by atoms with Crippen molar-refractivity contribution in [2.75, 3.05) is 6.61 Å². The number of phenolic OH excluding ortho intramolecular Hbond substituents is 1. The molecule has 3 rings (SSSR count). The maximum Gasteiger partial charge on any atom is 0.175 e. The molecule has 6 heteroatoms. The summed E-state index contributed by atoms with van der Waals surface area (Å²) < 4.78 is 4.59. The van der Waals surface area contributed by atoms with E-state index in [1.54, 1.807) is 24.3 Å². The molecule has 0 bridgehead atoms. The van der Waals surface area contributed by atoms with Crippen LogP contribution >= 0.6 is 31.9 Å². The second-order valence-electron chi connectivity index (χ2n) is 6.25. The van der Waals surface area contributed by atoms with Gasteiger partial charge in [0.05, 0.1) is 17.0 Å². The van der Waals surface area contributed by atoms with Gasteiger partial charge in [0, 0.05) is 17.6 Å². The molecule has 136 valence electrons. The fourth-order valence-corrected chi connectivity index (χ4v) is 5.22. The molecule has 3 atom stereocenters. The first-order valence-electron chi connectivity index (χ1n) is 8.28. The van der Waals surface area contributed by atoms with Gasteiger partial charge < -0.3 is 9.84 Å². The monoisotopic (exact) mass is 480 g/mol. The predicted octanol–water partition coefficient (Wildman–Crippen LogP) is 4.57. The molecule has 0 saturated carbocycles. The molecule has 0 saturated heterocycles. The van der Waals surface area contributed by atoms with Crippen LogP contribution in [-0.2, 0) is 9.59 Å². The quantitative estimate of drug-likeness (QED) is 0.639. The van der Waals surface area contributed by atoms with Crippen LogP contribution in [0.3, 0.4) is 0 Å². The van der Waals surface area contributed by atoms with Crippen molar-refractivity contribution in [2.24, 2.45) is 5.92 Å². The van der Waals surface area contributed by atoms with Gasteiger partial charge >= 0.3 is 0 Å². The molecule has 4 nitrogen and oxygen atoms in total. The van der Waals surface area contributed by atoms with Crippen LogP contribution in [0.5, 0.6) is 11.5 Å². The number of Topliss-reactive ketones (excluding diaryl/α,β-unsaturated/α-hetero) is 1. The van der Waals surface area contributed by atoms with Crippen molar-refractivity contribution in [3.63, 3.8) is 0 Å². The fraction of sp³-hybridized carbons (Fsp3) is 0.300. The molecule has 0 fully saturated rings. The van der Waals surface area contributed by atoms with Gasteiger partial charge in [-0.2, -0.15) is 0 Å². The summed E-state index contributed by atoms with van der Waals surface area (Å²) in [5.74, 6) is -1.16. The third kappa shape index (κ3) is 2.79. The Hall–Kier alpha value is -1.66. The molecule has 0 aliphatic heterocycles. The van der Waals surface area contributed by atoms with Gasteiger partial charge in [0.2, 0.25) is 0 Å². The lowest BCUT2D eigenvalue weighted by molar-refractivity contribution is -0.127. The molecule has 0 spiro atoms. The third-order valence-electron chi connectivity index (χ3n) is 4.91. The summed E-state index contributed by atoms with van der Waals surface area (Å²) in [7, 11) is 0. The summed E-state index contributed by atoms with van der Waals surface area (Å²) in [6.07, 6.45) is 5.31. The van der Waals surface area contributed by atoms with Crippen LogP contribution in [0.4, 0.5) is 0 Å². The summed E-state index contributed by atoms with van der Waals surface area (Å²) in [6, 6.07) is 5.18. The number of phenols is 1. The van der Waals surface area contributed by atoms with Crippen LogP contribution in [-0.4, -0.2) is 27.6 Å². The number of carbonyl (C=O) groups is 2. The number of halogens is 2. The maximum absolute atomic E-state index is 13.0. The molecular weight excluding hydrogens is 464 g/mol. The zero-order valence-corrected chi connectivity index (χ0v) is 17.3. The Morgan fingerprint density at radius 1 is 1.42 bits per heavy atom. The zero-order valence-electron chi connectivity index (χ0n) is 14.2. The highest BCUT2D eigenvalue weighted by atomic mass is 79.9. The third-order valence-corrected chi connectivity index (χ3v) is 6.93. The van der Waals surface area contributed by atoms with Crippen LogP contribution in [0.25, 0.3) is 0 Å². The number of hydrogen-bond acceptors (Lipinski definition) is 4. The summed E-state index contributed by atoms with van der Waals surface area (Å²) in [6.45, 7) is 6.09. The van der Waals surface area contributed by atoms with Crippen molar-refractivity contribution in [2.45, 2.75) is 23.6 Å². The molecule has 0 aromatic heterocycles. The standard InChI is InChI=1S/C20H18Br2O4/c1-3-11-8-9-13-19(25)14(21)10-16(23)20(13,22)17(11)12-6-5-7-15(18(12)24)26-4-2/h3,5-8,10,13,17,24H,1,4,9H2,2H3/t13-,17+,20+/m0/s1. The van der Waals surface area contributed by atoms with Crippen molar-refractivity contribution >= 4 is 43.4 Å². The van der Waals surface area contributed by atoms with Gasteiger partial charge in [-0.3, -0.25) is 9.59 Å². The number of alkyl halides is 1. The first kappa shape index (κ1) is 19.1. The molecule has 0 heterocycles. The van der Waals surface area contributed by atoms with Crippen molar-refractivity contribution in [3.05, 3.63) is 58.6 Å². The number of ketones is 2. The SMILES string of the molecule is C=CC1=CC[C@H]2C(=O)C(Br)=CC(=O)[C@@]2(Br)[C@H]1c1cccc(OCC)c1O. The van der Waals surface area contributed by atoms with Gasteiger partial charge in [-0.05, 0) is 40.9 Å². The van der Waals surface area contributed by atoms with Crippen LogP contribution in [0.2, 0.25) is 0 Å². The van der Waals surface area contributed by atoms with Gasteiger partial charge in [-0.15, -0.1) is 0 Å². The molecule has 2 aliphatic rings. The Balaban J connectivity index is 2.24. The van der Waals surface area contributed by atoms with Crippen molar-refractivity contribution < 1.29 is 19.4 Å². The average Bonchev–Trinajstić information content (AvgIpc) is 2.62. The van der Waals surface area contributed by atoms with Gasteiger partial charge in [-0.1, -0.05) is 46.8 Å². The largest absolute Gasteiger partial charge is 0.504 e. The van der Waals surface area contributed by atoms with E-state index in [9.17, 15) is 14.7 Å². The molecule has 0 radical (unpaired) electrons. The van der Waals surface area contributed by atoms with Gasteiger partial charge in [-0.25, -0.2) is 0 Å². The summed E-state index contributed by atoms with van der Waals surface area (Å²) in [5.41, 5.74) is 1.31. The van der Waals surface area contributed by atoms with Crippen molar-refractivity contribution in [1.82, 2.24) is 0 Å². The minimum atomic E-state index is -1.18. The Morgan fingerprint density at radius 2 is 2.15 bits per heavy atom. The number of para-hydroxylation sites is 1. The molecule has 26 heavy (non-hydrogen) atoms. The average molecular weight is 482 g/mol. The second-order valence-corrected chi connectivity index (χ2v) is 8.41. The van der Waals surface area contributed by atoms with Crippen LogP contribution in [0.1, 0.15) is 24.8 Å². The highest BCUT2D eigenvalue weighted by Crippen LogP contribution is 2.56. The number of hydrogen-bond donors (Lipinski definition) is 1. The number of carbonyl (C=O) groups excluding carboxylic acids is 2. The summed E-state index contributed by atoms with van der Waals surface area (Å²) in [4.78, 5) is 25.7. The lowest BCUT2D eigenvalue weighted by atomic mass is 9.64. The number of fused-ring (bicyclic) bond motifs is 1. The van der Waals surface area contributed by atoms with E-state index in [-0.39, 0.29) is 21.8 Å². The fourth-order valence-electron chi connectivity index (χ4n) is 3.71. The first-order chi connectivity index (χ1) is 12.4. The normalized spacial score (nSPS) is 28.1. The first-order valence-corrected chi connectivity index (χ1v) is 9.86. The number of aromatic hydroxyl groups is 1. The Labute approximate surface area is 168 Å². The minimum absolute atomic E-state index is 0.0274. The minimum Gasteiger partial charge on any atom is -0.504 e. The van der Waals surface area contributed by atoms with E-state index in [4.69, 9.17) is 4.74 Å². The molecule has 1 N–H and O–H groups in total. The Morgan fingerprint density at radius 3 is 2.81 bits per heavy atom. The van der Waals surface area contributed by atoms with E-state index >= 15 is 0 Å². The maximum atomic E-state index is 13.0. The number of allylic oxidation sites excluding steroid dienone is 5. The Kier molecular flexibility index (Phi) is 5.26. The number of rotatable bonds is 4. The lowest BCUT2D eigenvalue weighted by Crippen LogP contribution is -2.52. The molecule has 1 aromatic carbocycles. The molecule has 2 aliphatic carbocycles. The number of benzene rings is 1. The zero-order chi connectivity index (χ0) is 19.1. The van der Waals surface area contributed by atoms with E-state index in [1.165, 1.54) is 6.08 Å². The van der Waals surface area contributed by atoms with E-state index in [0.717, 1.165) is 5.57 Å². The molecular formula is C20H18Br2O4. The van der Waals surface area contributed by atoms with E-state index in [2.05, 4.69) is 38.4 Å². The summed E-state index contributed by atoms with van der Waals surface area (Å²) >= 11 is 6.81. The highest BCUT2D eigenvalue weighted by molar-refractivity contribution is 9.12. The highest BCUT2D eigenvalue weighted by Gasteiger charge is 2.57. The molecule has 0 amide bonds. The smallest absolute Gasteiger partial charge is 0.175 e. The van der Waals surface area contributed by atoms with Crippen LogP contribution in [0, 0.1) is 5.92 Å². The van der Waals surface area contributed by atoms with E-state index < -0.39 is 16.2 Å². The molecule has 0 unspecified atom stereocenters. The van der Waals surface area contributed by atoms with Gasteiger partial charge in [0.1, 0.15) is 4.32 Å². The van der Waals surface area contributed by atoms with Crippen LogP contribution < -0.4 is 4.74 Å². The lowest BCUT2D eigenvalue weighted by Gasteiger charge is -2.45. The Bertz CT molecular complexity index is 855. The van der Waals surface area contributed by atoms with Crippen molar-refractivity contribution in [3.8, 4) is 11.5 Å². The van der Waals surface area contributed by atoms with E-state index in [1.807, 2.05) is 13.0 Å². The van der Waals surface area contributed by atoms with Gasteiger partial charge in [0.15, 0.2) is 23.1 Å².